The third-order valence-electron chi connectivity index (χ3n) is 4.34. The second kappa shape index (κ2) is 6.28. The number of benzene rings is 1. The highest BCUT2D eigenvalue weighted by Gasteiger charge is 2.31. The van der Waals surface area contributed by atoms with Gasteiger partial charge in [-0.25, -0.2) is 0 Å². The lowest BCUT2D eigenvalue weighted by Gasteiger charge is -2.37. The number of carbonyl (C=O) groups excluding carboxylic acids is 2. The van der Waals surface area contributed by atoms with Gasteiger partial charge in [0.2, 0.25) is 11.8 Å². The summed E-state index contributed by atoms with van der Waals surface area (Å²) in [5.41, 5.74) is 8.56. The van der Waals surface area contributed by atoms with Crippen LogP contribution in [0.15, 0.2) is 42.6 Å². The molecule has 0 aliphatic carbocycles. The summed E-state index contributed by atoms with van der Waals surface area (Å²) in [5, 5.41) is 0. The Kier molecular flexibility index (Phi) is 4.19. The van der Waals surface area contributed by atoms with Crippen LogP contribution in [-0.2, 0) is 16.1 Å². The number of hydrogen-bond acceptors (Lipinski definition) is 2. The lowest BCUT2D eigenvalue weighted by Crippen LogP contribution is -2.42. The average molecular weight is 311 g/mol. The summed E-state index contributed by atoms with van der Waals surface area (Å²) in [5.74, 6) is -0.465. The number of nitrogens with two attached hydrogens (primary N) is 1. The van der Waals surface area contributed by atoms with E-state index in [1.807, 2.05) is 24.1 Å². The molecule has 0 fully saturated rings. The number of amides is 2. The number of aryl methyl sites for hydroxylation is 1. The zero-order valence-electron chi connectivity index (χ0n) is 13.2. The fourth-order valence-electron chi connectivity index (χ4n) is 3.13. The van der Waals surface area contributed by atoms with Crippen molar-refractivity contribution in [2.45, 2.75) is 32.4 Å². The molecule has 0 saturated carbocycles. The summed E-state index contributed by atoms with van der Waals surface area (Å²) in [4.78, 5) is 25.4. The Morgan fingerprint density at radius 1 is 1.13 bits per heavy atom. The Balaban J connectivity index is 1.93. The van der Waals surface area contributed by atoms with Gasteiger partial charge in [0, 0.05) is 37.8 Å². The average Bonchev–Trinajstić information content (AvgIpc) is 3.01. The zero-order chi connectivity index (χ0) is 16.4. The molecule has 3 rings (SSSR count). The van der Waals surface area contributed by atoms with Crippen LogP contribution in [0.2, 0.25) is 0 Å². The SMILES string of the molecule is Cc1ccc([C@@H]2c3cccn3CCN2C(=O)CCC(N)=O)cc1. The molecule has 0 bridgehead atoms. The van der Waals surface area contributed by atoms with E-state index in [2.05, 4.69) is 34.9 Å². The number of hydrogen-bond donors (Lipinski definition) is 1. The zero-order valence-corrected chi connectivity index (χ0v) is 13.2. The largest absolute Gasteiger partial charge is 0.370 e. The molecule has 120 valence electrons. The van der Waals surface area contributed by atoms with E-state index < -0.39 is 5.91 Å². The van der Waals surface area contributed by atoms with Crippen LogP contribution in [0.4, 0.5) is 0 Å². The van der Waals surface area contributed by atoms with Crippen molar-refractivity contribution >= 4 is 11.8 Å². The first-order valence-electron chi connectivity index (χ1n) is 7.85. The molecule has 2 aromatic rings. The minimum atomic E-state index is -0.439. The smallest absolute Gasteiger partial charge is 0.223 e. The van der Waals surface area contributed by atoms with E-state index in [-0.39, 0.29) is 24.8 Å². The van der Waals surface area contributed by atoms with Crippen molar-refractivity contribution in [2.24, 2.45) is 5.73 Å². The quantitative estimate of drug-likeness (QED) is 0.938. The predicted octanol–water partition coefficient (Wildman–Crippen LogP) is 1.99. The van der Waals surface area contributed by atoms with Crippen molar-refractivity contribution in [3.8, 4) is 0 Å². The second-order valence-corrected chi connectivity index (χ2v) is 5.99. The molecule has 0 radical (unpaired) electrons. The predicted molar refractivity (Wildman–Crippen MR) is 87.6 cm³/mol. The molecule has 5 nitrogen and oxygen atoms in total. The summed E-state index contributed by atoms with van der Waals surface area (Å²) < 4.78 is 2.18. The van der Waals surface area contributed by atoms with Gasteiger partial charge in [-0.05, 0) is 24.6 Å². The maximum Gasteiger partial charge on any atom is 0.223 e. The lowest BCUT2D eigenvalue weighted by molar-refractivity contribution is -0.135. The van der Waals surface area contributed by atoms with Crippen molar-refractivity contribution < 1.29 is 9.59 Å². The Morgan fingerprint density at radius 3 is 2.57 bits per heavy atom. The topological polar surface area (TPSA) is 68.3 Å². The molecule has 2 heterocycles. The van der Waals surface area contributed by atoms with Gasteiger partial charge in [0.25, 0.3) is 0 Å². The monoisotopic (exact) mass is 311 g/mol. The lowest BCUT2D eigenvalue weighted by atomic mass is 9.98. The Bertz CT molecular complexity index is 718. The van der Waals surface area contributed by atoms with Gasteiger partial charge < -0.3 is 15.2 Å². The van der Waals surface area contributed by atoms with E-state index in [4.69, 9.17) is 5.73 Å². The van der Waals surface area contributed by atoms with Crippen molar-refractivity contribution in [1.82, 2.24) is 9.47 Å². The molecule has 1 aliphatic heterocycles. The summed E-state index contributed by atoms with van der Waals surface area (Å²) in [6.45, 7) is 3.45. The van der Waals surface area contributed by atoms with Crippen LogP contribution in [0.1, 0.15) is 35.7 Å². The van der Waals surface area contributed by atoms with Crippen LogP contribution in [0, 0.1) is 6.92 Å². The van der Waals surface area contributed by atoms with E-state index >= 15 is 0 Å². The minimum Gasteiger partial charge on any atom is -0.370 e. The van der Waals surface area contributed by atoms with Crippen LogP contribution in [-0.4, -0.2) is 27.8 Å². The van der Waals surface area contributed by atoms with Gasteiger partial charge in [0.15, 0.2) is 0 Å². The highest BCUT2D eigenvalue weighted by molar-refractivity contribution is 5.83. The van der Waals surface area contributed by atoms with Crippen LogP contribution in [0.25, 0.3) is 0 Å². The van der Waals surface area contributed by atoms with Gasteiger partial charge in [-0.2, -0.15) is 0 Å². The van der Waals surface area contributed by atoms with Gasteiger partial charge in [-0.1, -0.05) is 29.8 Å². The standard InChI is InChI=1S/C18H21N3O2/c1-13-4-6-14(7-5-13)18-15-3-2-10-20(15)11-12-21(18)17(23)9-8-16(19)22/h2-7,10,18H,8-9,11-12H2,1H3,(H2,19,22)/t18-/m1/s1. The number of aromatic nitrogens is 1. The van der Waals surface area contributed by atoms with Gasteiger partial charge in [-0.15, -0.1) is 0 Å². The van der Waals surface area contributed by atoms with Crippen LogP contribution in [0.3, 0.4) is 0 Å². The fraction of sp³-hybridized carbons (Fsp3) is 0.333. The normalized spacial score (nSPS) is 16.9. The molecule has 0 spiro atoms. The summed E-state index contributed by atoms with van der Waals surface area (Å²) in [6.07, 6.45) is 2.30. The number of fused-ring (bicyclic) bond motifs is 1. The molecule has 2 amide bonds. The molecule has 1 aromatic heterocycles. The molecule has 0 saturated heterocycles. The molecule has 1 atom stereocenters. The second-order valence-electron chi connectivity index (χ2n) is 5.99. The molecule has 0 unspecified atom stereocenters. The van der Waals surface area contributed by atoms with Crippen molar-refractivity contribution in [1.29, 1.82) is 0 Å². The van der Waals surface area contributed by atoms with E-state index in [1.54, 1.807) is 0 Å². The molecule has 23 heavy (non-hydrogen) atoms. The van der Waals surface area contributed by atoms with Crippen molar-refractivity contribution in [3.05, 3.63) is 59.4 Å². The number of rotatable bonds is 4. The van der Waals surface area contributed by atoms with Crippen LogP contribution < -0.4 is 5.73 Å². The van der Waals surface area contributed by atoms with Gasteiger partial charge in [-0.3, -0.25) is 9.59 Å². The Morgan fingerprint density at radius 2 is 1.87 bits per heavy atom. The number of nitrogens with zero attached hydrogens (tertiary/aromatic N) is 2. The summed E-state index contributed by atoms with van der Waals surface area (Å²) >= 11 is 0. The fourth-order valence-corrected chi connectivity index (χ4v) is 3.13. The van der Waals surface area contributed by atoms with Gasteiger partial charge in [0.1, 0.15) is 0 Å². The van der Waals surface area contributed by atoms with Crippen molar-refractivity contribution in [2.75, 3.05) is 6.54 Å². The Labute approximate surface area is 135 Å². The van der Waals surface area contributed by atoms with E-state index in [1.165, 1.54) is 5.56 Å². The number of carbonyl (C=O) groups is 2. The first-order valence-corrected chi connectivity index (χ1v) is 7.85. The first kappa shape index (κ1) is 15.3. The minimum absolute atomic E-state index is 0.0261. The van der Waals surface area contributed by atoms with Gasteiger partial charge >= 0.3 is 0 Å². The highest BCUT2D eigenvalue weighted by Crippen LogP contribution is 2.33. The maximum atomic E-state index is 12.6. The third kappa shape index (κ3) is 3.13. The van der Waals surface area contributed by atoms with Crippen LogP contribution in [0.5, 0.6) is 0 Å². The molecule has 2 N–H and O–H groups in total. The molecule has 1 aliphatic rings. The third-order valence-corrected chi connectivity index (χ3v) is 4.34. The molecular weight excluding hydrogens is 290 g/mol. The van der Waals surface area contributed by atoms with E-state index in [0.29, 0.717) is 6.54 Å². The van der Waals surface area contributed by atoms with Crippen molar-refractivity contribution in [3.63, 3.8) is 0 Å². The number of primary amides is 1. The Hall–Kier alpha value is -2.56. The first-order chi connectivity index (χ1) is 11.1. The summed E-state index contributed by atoms with van der Waals surface area (Å²) in [7, 11) is 0. The van der Waals surface area contributed by atoms with Crippen LogP contribution >= 0.6 is 0 Å². The summed E-state index contributed by atoms with van der Waals surface area (Å²) in [6, 6.07) is 12.2. The maximum absolute atomic E-state index is 12.6. The molecule has 5 heteroatoms. The highest BCUT2D eigenvalue weighted by atomic mass is 16.2. The van der Waals surface area contributed by atoms with E-state index in [0.717, 1.165) is 17.8 Å². The molecule has 1 aromatic carbocycles. The molecular formula is C18H21N3O2. The van der Waals surface area contributed by atoms with E-state index in [9.17, 15) is 9.59 Å². The van der Waals surface area contributed by atoms with Gasteiger partial charge in [0.05, 0.1) is 6.04 Å².